The van der Waals surface area contributed by atoms with Crippen LogP contribution in [0.5, 0.6) is 0 Å². The van der Waals surface area contributed by atoms with Crippen LogP contribution in [0, 0.1) is 5.92 Å². The van der Waals surface area contributed by atoms with Gasteiger partial charge in [-0.1, -0.05) is 6.07 Å². The Morgan fingerprint density at radius 1 is 1.31 bits per heavy atom. The minimum atomic E-state index is -3.46. The van der Waals surface area contributed by atoms with Gasteiger partial charge in [0.25, 0.3) is 10.1 Å². The smallest absolute Gasteiger partial charge is 0.407 e. The van der Waals surface area contributed by atoms with E-state index in [1.54, 1.807) is 6.20 Å². The molecule has 4 rings (SSSR count). The summed E-state index contributed by atoms with van der Waals surface area (Å²) in [5, 5.41) is 2.99. The molecule has 0 aliphatic heterocycles. The first kappa shape index (κ1) is 19.1. The zero-order valence-corrected chi connectivity index (χ0v) is 16.4. The molecule has 144 valence electrons. The molecule has 2 bridgehead atoms. The van der Waals surface area contributed by atoms with E-state index in [1.807, 2.05) is 32.9 Å². The molecule has 1 aromatic rings. The highest BCUT2D eigenvalue weighted by Crippen LogP contribution is 2.59. The van der Waals surface area contributed by atoms with E-state index < -0.39 is 15.7 Å². The predicted molar refractivity (Wildman–Crippen MR) is 96.0 cm³/mol. The van der Waals surface area contributed by atoms with E-state index in [4.69, 9.17) is 8.92 Å². The number of carbonyl (C=O) groups is 1. The Morgan fingerprint density at radius 3 is 2.54 bits per heavy atom. The molecule has 0 spiro atoms. The molecule has 1 atom stereocenters. The largest absolute Gasteiger partial charge is 0.444 e. The lowest BCUT2D eigenvalue weighted by molar-refractivity contribution is 0.0494. The Hall–Kier alpha value is -1.67. The fourth-order valence-electron chi connectivity index (χ4n) is 3.92. The van der Waals surface area contributed by atoms with Crippen LogP contribution in [0.1, 0.15) is 51.3 Å². The van der Waals surface area contributed by atoms with Crippen molar-refractivity contribution in [1.29, 1.82) is 0 Å². The summed E-state index contributed by atoms with van der Waals surface area (Å²) in [7, 11) is -3.46. The van der Waals surface area contributed by atoms with E-state index in [0.29, 0.717) is 11.5 Å². The van der Waals surface area contributed by atoms with Crippen LogP contribution in [0.3, 0.4) is 0 Å². The molecule has 0 saturated heterocycles. The average molecular weight is 382 g/mol. The van der Waals surface area contributed by atoms with Crippen molar-refractivity contribution in [3.05, 3.63) is 29.6 Å². The lowest BCUT2D eigenvalue weighted by Gasteiger charge is -2.37. The van der Waals surface area contributed by atoms with Crippen LogP contribution in [0.25, 0.3) is 0 Å². The van der Waals surface area contributed by atoms with Gasteiger partial charge in [0, 0.05) is 23.3 Å². The SMILES string of the molecule is CC(C)(C)OC(=O)N[C@H]1C[C@]2(c3ccc(COS(C)(=O)=O)cn3)C[C@@H]1C2. The highest BCUT2D eigenvalue weighted by Gasteiger charge is 2.58. The number of hydrogen-bond donors (Lipinski definition) is 1. The summed E-state index contributed by atoms with van der Waals surface area (Å²) in [6.45, 7) is 5.54. The molecule has 1 heterocycles. The topological polar surface area (TPSA) is 94.6 Å². The number of nitrogens with one attached hydrogen (secondary N) is 1. The zero-order chi connectivity index (χ0) is 19.2. The highest BCUT2D eigenvalue weighted by atomic mass is 32.2. The first-order chi connectivity index (χ1) is 12.0. The van der Waals surface area contributed by atoms with Crippen LogP contribution in [0.2, 0.25) is 0 Å². The molecule has 0 radical (unpaired) electrons. The molecule has 3 aliphatic carbocycles. The maximum Gasteiger partial charge on any atom is 0.407 e. The second-order valence-electron chi connectivity index (χ2n) is 8.42. The van der Waals surface area contributed by atoms with Crippen LogP contribution in [0.15, 0.2) is 18.3 Å². The summed E-state index contributed by atoms with van der Waals surface area (Å²) in [4.78, 5) is 16.5. The second-order valence-corrected chi connectivity index (χ2v) is 10.1. The summed E-state index contributed by atoms with van der Waals surface area (Å²) in [6, 6.07) is 3.90. The van der Waals surface area contributed by atoms with Gasteiger partial charge >= 0.3 is 6.09 Å². The van der Waals surface area contributed by atoms with Gasteiger partial charge in [-0.3, -0.25) is 9.17 Å². The van der Waals surface area contributed by atoms with Crippen LogP contribution in [0.4, 0.5) is 4.79 Å². The lowest BCUT2D eigenvalue weighted by atomic mass is 9.67. The Kier molecular flexibility index (Phi) is 4.77. The maximum atomic E-state index is 12.0. The molecule has 26 heavy (non-hydrogen) atoms. The minimum Gasteiger partial charge on any atom is -0.444 e. The van der Waals surface area contributed by atoms with Crippen molar-refractivity contribution in [2.24, 2.45) is 5.92 Å². The van der Waals surface area contributed by atoms with Gasteiger partial charge in [0.05, 0.1) is 12.9 Å². The van der Waals surface area contributed by atoms with Gasteiger partial charge in [-0.2, -0.15) is 8.42 Å². The second kappa shape index (κ2) is 6.49. The van der Waals surface area contributed by atoms with E-state index in [0.717, 1.165) is 31.2 Å². The van der Waals surface area contributed by atoms with Crippen LogP contribution < -0.4 is 5.32 Å². The average Bonchev–Trinajstić information content (AvgIpc) is 2.97. The Morgan fingerprint density at radius 2 is 2.00 bits per heavy atom. The molecule has 0 unspecified atom stereocenters. The first-order valence-electron chi connectivity index (χ1n) is 8.75. The summed E-state index contributed by atoms with van der Waals surface area (Å²) in [5.74, 6) is 0.456. The van der Waals surface area contributed by atoms with Crippen molar-refractivity contribution in [2.75, 3.05) is 6.26 Å². The van der Waals surface area contributed by atoms with Crippen molar-refractivity contribution in [3.63, 3.8) is 0 Å². The fourth-order valence-corrected chi connectivity index (χ4v) is 4.27. The van der Waals surface area contributed by atoms with Gasteiger partial charge < -0.3 is 10.1 Å². The van der Waals surface area contributed by atoms with Crippen LogP contribution in [-0.2, 0) is 31.1 Å². The number of alkyl carbamates (subject to hydrolysis) is 1. The van der Waals surface area contributed by atoms with Gasteiger partial charge in [-0.05, 0) is 57.6 Å². The summed E-state index contributed by atoms with van der Waals surface area (Å²) in [6.07, 6.45) is 5.17. The zero-order valence-electron chi connectivity index (χ0n) is 15.6. The number of rotatable bonds is 5. The van der Waals surface area contributed by atoms with Crippen LogP contribution in [-0.4, -0.2) is 37.4 Å². The molecule has 8 heteroatoms. The minimum absolute atomic E-state index is 0.000561. The monoisotopic (exact) mass is 382 g/mol. The maximum absolute atomic E-state index is 12.0. The number of aromatic nitrogens is 1. The van der Waals surface area contributed by atoms with E-state index in [9.17, 15) is 13.2 Å². The summed E-state index contributed by atoms with van der Waals surface area (Å²) in [5.41, 5.74) is 1.20. The van der Waals surface area contributed by atoms with Gasteiger partial charge in [0.2, 0.25) is 0 Å². The van der Waals surface area contributed by atoms with Crippen molar-refractivity contribution >= 4 is 16.2 Å². The number of ether oxygens (including phenoxy) is 1. The lowest BCUT2D eigenvalue weighted by Crippen LogP contribution is -2.40. The fraction of sp³-hybridized carbons (Fsp3) is 0.667. The number of carbonyl (C=O) groups excluding carboxylic acids is 1. The molecule has 1 N–H and O–H groups in total. The molecular weight excluding hydrogens is 356 g/mol. The number of fused-ring (bicyclic) bond motifs is 1. The number of nitrogens with zero attached hydrogens (tertiary/aromatic N) is 1. The Balaban J connectivity index is 1.59. The quantitative estimate of drug-likeness (QED) is 0.786. The van der Waals surface area contributed by atoms with E-state index in [2.05, 4.69) is 10.3 Å². The third-order valence-electron chi connectivity index (χ3n) is 5.00. The molecule has 3 saturated carbocycles. The van der Waals surface area contributed by atoms with Crippen molar-refractivity contribution in [2.45, 2.75) is 63.7 Å². The van der Waals surface area contributed by atoms with E-state index in [-0.39, 0.29) is 24.2 Å². The van der Waals surface area contributed by atoms with Gasteiger partial charge in [0.1, 0.15) is 5.60 Å². The third-order valence-corrected chi connectivity index (χ3v) is 5.54. The molecule has 3 fully saturated rings. The number of pyridine rings is 1. The third kappa shape index (κ3) is 4.35. The molecule has 0 aromatic carbocycles. The van der Waals surface area contributed by atoms with Gasteiger partial charge in [0.15, 0.2) is 0 Å². The van der Waals surface area contributed by atoms with Gasteiger partial charge in [-0.25, -0.2) is 4.79 Å². The molecular formula is C18H26N2O5S. The van der Waals surface area contributed by atoms with Crippen molar-refractivity contribution < 1.29 is 22.1 Å². The number of amides is 1. The van der Waals surface area contributed by atoms with E-state index >= 15 is 0 Å². The normalized spacial score (nSPS) is 27.7. The summed E-state index contributed by atoms with van der Waals surface area (Å²) < 4.78 is 32.3. The standard InChI is InChI=1S/C18H26N2O5S/c1-17(2,3)25-16(21)20-14-9-18(7-13(14)8-18)15-6-5-12(10-19-15)11-24-26(4,22)23/h5-6,10,13-14H,7-9,11H2,1-4H3,(H,20,21)/t13-,14-,18+/m0/s1. The summed E-state index contributed by atoms with van der Waals surface area (Å²) >= 11 is 0. The Bertz CT molecular complexity index is 777. The van der Waals surface area contributed by atoms with Crippen molar-refractivity contribution in [1.82, 2.24) is 10.3 Å². The molecule has 1 aromatic heterocycles. The first-order valence-corrected chi connectivity index (χ1v) is 10.6. The van der Waals surface area contributed by atoms with Crippen LogP contribution >= 0.6 is 0 Å². The highest BCUT2D eigenvalue weighted by molar-refractivity contribution is 7.85. The predicted octanol–water partition coefficient (Wildman–Crippen LogP) is 2.50. The Labute approximate surface area is 154 Å². The molecule has 3 aliphatic rings. The van der Waals surface area contributed by atoms with Crippen molar-refractivity contribution in [3.8, 4) is 0 Å². The molecule has 1 amide bonds. The van der Waals surface area contributed by atoms with E-state index in [1.165, 1.54) is 0 Å². The molecule has 7 nitrogen and oxygen atoms in total. The number of hydrogen-bond acceptors (Lipinski definition) is 6. The van der Waals surface area contributed by atoms with Gasteiger partial charge in [-0.15, -0.1) is 0 Å².